The van der Waals surface area contributed by atoms with Crippen LogP contribution in [0.15, 0.2) is 12.4 Å². The van der Waals surface area contributed by atoms with E-state index in [1.165, 1.54) is 6.20 Å². The Morgan fingerprint density at radius 2 is 2.47 bits per heavy atom. The molecule has 1 heterocycles. The second-order valence-electron chi connectivity index (χ2n) is 3.81. The molecule has 78 valence electrons. The van der Waals surface area contributed by atoms with Gasteiger partial charge < -0.3 is 5.73 Å². The van der Waals surface area contributed by atoms with Crippen molar-refractivity contribution in [1.82, 2.24) is 9.78 Å². The van der Waals surface area contributed by atoms with Gasteiger partial charge in [-0.15, -0.1) is 0 Å². The topological polar surface area (TPSA) is 84.7 Å². The summed E-state index contributed by atoms with van der Waals surface area (Å²) in [4.78, 5) is 10.9. The summed E-state index contributed by atoms with van der Waals surface area (Å²) in [6.07, 6.45) is 5.97. The summed E-state index contributed by atoms with van der Waals surface area (Å²) in [6.45, 7) is 0. The molecule has 0 spiro atoms. The van der Waals surface area contributed by atoms with Gasteiger partial charge in [0.05, 0.1) is 29.8 Å². The van der Waals surface area contributed by atoms with Crippen LogP contribution in [0.4, 0.5) is 0 Å². The van der Waals surface area contributed by atoms with Crippen LogP contribution in [0.3, 0.4) is 0 Å². The predicted octanol–water partition coefficient (Wildman–Crippen LogP) is 0.847. The fraction of sp³-hybridized carbons (Fsp3) is 0.500. The first-order valence-corrected chi connectivity index (χ1v) is 4.96. The normalized spacial score (nSPS) is 25.0. The number of carbonyl (C=O) groups is 1. The molecule has 1 aromatic rings. The number of nitrogens with two attached hydrogens (primary N) is 1. The molecule has 0 aliphatic heterocycles. The van der Waals surface area contributed by atoms with Crippen molar-refractivity contribution in [2.24, 2.45) is 11.7 Å². The van der Waals surface area contributed by atoms with E-state index in [0.29, 0.717) is 5.56 Å². The molecule has 15 heavy (non-hydrogen) atoms. The number of nitriles is 1. The van der Waals surface area contributed by atoms with E-state index in [1.807, 2.05) is 0 Å². The lowest BCUT2D eigenvalue weighted by Crippen LogP contribution is -2.14. The Morgan fingerprint density at radius 1 is 1.67 bits per heavy atom. The van der Waals surface area contributed by atoms with E-state index in [4.69, 9.17) is 11.0 Å². The Kier molecular flexibility index (Phi) is 2.42. The van der Waals surface area contributed by atoms with Gasteiger partial charge in [0.25, 0.3) is 5.91 Å². The van der Waals surface area contributed by atoms with Gasteiger partial charge in [-0.3, -0.25) is 9.48 Å². The lowest BCUT2D eigenvalue weighted by molar-refractivity contribution is 0.1000. The van der Waals surface area contributed by atoms with Gasteiger partial charge in [-0.25, -0.2) is 0 Å². The minimum Gasteiger partial charge on any atom is -0.366 e. The van der Waals surface area contributed by atoms with E-state index >= 15 is 0 Å². The standard InChI is InChI=1S/C10H12N4O/c11-4-7-2-1-3-9(7)14-6-8(5-13-14)10(12)15/h5-7,9H,1-3H2,(H2,12,15). The summed E-state index contributed by atoms with van der Waals surface area (Å²) in [5.41, 5.74) is 5.54. The van der Waals surface area contributed by atoms with Crippen molar-refractivity contribution in [2.45, 2.75) is 25.3 Å². The highest BCUT2D eigenvalue weighted by Gasteiger charge is 2.29. The SMILES string of the molecule is N#CC1CCCC1n1cc(C(N)=O)cn1. The molecule has 0 aromatic carbocycles. The fourth-order valence-electron chi connectivity index (χ4n) is 2.05. The number of rotatable bonds is 2. The van der Waals surface area contributed by atoms with E-state index in [-0.39, 0.29) is 12.0 Å². The zero-order chi connectivity index (χ0) is 10.8. The predicted molar refractivity (Wildman–Crippen MR) is 52.7 cm³/mol. The fourth-order valence-corrected chi connectivity index (χ4v) is 2.05. The van der Waals surface area contributed by atoms with E-state index in [2.05, 4.69) is 11.2 Å². The van der Waals surface area contributed by atoms with Crippen LogP contribution in [0.1, 0.15) is 35.7 Å². The first-order chi connectivity index (χ1) is 7.22. The zero-order valence-corrected chi connectivity index (χ0v) is 8.26. The van der Waals surface area contributed by atoms with Gasteiger partial charge in [-0.05, 0) is 19.3 Å². The molecular formula is C10H12N4O. The molecule has 2 rings (SSSR count). The molecule has 1 amide bonds. The molecule has 5 heteroatoms. The molecule has 1 aliphatic carbocycles. The maximum atomic E-state index is 10.9. The number of primary amides is 1. The summed E-state index contributed by atoms with van der Waals surface area (Å²) in [5.74, 6) is -0.474. The Morgan fingerprint density at radius 3 is 3.07 bits per heavy atom. The Bertz CT molecular complexity index is 417. The summed E-state index contributed by atoms with van der Waals surface area (Å²) < 4.78 is 1.70. The Labute approximate surface area is 87.5 Å². The quantitative estimate of drug-likeness (QED) is 0.774. The molecule has 1 saturated carbocycles. The molecule has 2 N–H and O–H groups in total. The van der Waals surface area contributed by atoms with Crippen molar-refractivity contribution in [3.63, 3.8) is 0 Å². The smallest absolute Gasteiger partial charge is 0.251 e. The van der Waals surface area contributed by atoms with Crippen LogP contribution in [0.25, 0.3) is 0 Å². The minimum atomic E-state index is -0.479. The Balaban J connectivity index is 2.22. The summed E-state index contributed by atoms with van der Waals surface area (Å²) >= 11 is 0. The monoisotopic (exact) mass is 204 g/mol. The van der Waals surface area contributed by atoms with Crippen molar-refractivity contribution < 1.29 is 4.79 Å². The highest BCUT2D eigenvalue weighted by atomic mass is 16.1. The van der Waals surface area contributed by atoms with Crippen LogP contribution in [0.2, 0.25) is 0 Å². The second kappa shape index (κ2) is 3.73. The zero-order valence-electron chi connectivity index (χ0n) is 8.26. The van der Waals surface area contributed by atoms with Crippen molar-refractivity contribution in [3.8, 4) is 6.07 Å². The van der Waals surface area contributed by atoms with Crippen molar-refractivity contribution in [3.05, 3.63) is 18.0 Å². The van der Waals surface area contributed by atoms with E-state index in [1.54, 1.807) is 10.9 Å². The number of amides is 1. The van der Waals surface area contributed by atoms with E-state index in [0.717, 1.165) is 19.3 Å². The van der Waals surface area contributed by atoms with E-state index in [9.17, 15) is 4.79 Å². The molecule has 1 aromatic heterocycles. The van der Waals surface area contributed by atoms with Crippen LogP contribution in [-0.2, 0) is 0 Å². The van der Waals surface area contributed by atoms with Gasteiger partial charge in [-0.1, -0.05) is 0 Å². The summed E-state index contributed by atoms with van der Waals surface area (Å²) in [6, 6.07) is 2.37. The van der Waals surface area contributed by atoms with Gasteiger partial charge >= 0.3 is 0 Å². The Hall–Kier alpha value is -1.83. The number of carbonyl (C=O) groups excluding carboxylic acids is 1. The minimum absolute atomic E-state index is 0.00521. The highest BCUT2D eigenvalue weighted by molar-refractivity contribution is 5.92. The average Bonchev–Trinajstić information content (AvgIpc) is 2.85. The highest BCUT2D eigenvalue weighted by Crippen LogP contribution is 2.34. The van der Waals surface area contributed by atoms with Crippen LogP contribution in [-0.4, -0.2) is 15.7 Å². The first kappa shape index (κ1) is 9.71. The number of nitrogens with zero attached hydrogens (tertiary/aromatic N) is 3. The molecule has 2 atom stereocenters. The second-order valence-corrected chi connectivity index (χ2v) is 3.81. The lowest BCUT2D eigenvalue weighted by atomic mass is 10.1. The van der Waals surface area contributed by atoms with Gasteiger partial charge in [0, 0.05) is 6.20 Å². The average molecular weight is 204 g/mol. The molecule has 5 nitrogen and oxygen atoms in total. The number of hydrogen-bond acceptors (Lipinski definition) is 3. The van der Waals surface area contributed by atoms with Crippen LogP contribution in [0.5, 0.6) is 0 Å². The molecule has 2 unspecified atom stereocenters. The largest absolute Gasteiger partial charge is 0.366 e. The number of aromatic nitrogens is 2. The third-order valence-electron chi connectivity index (χ3n) is 2.87. The number of hydrogen-bond donors (Lipinski definition) is 1. The summed E-state index contributed by atoms with van der Waals surface area (Å²) in [7, 11) is 0. The third-order valence-corrected chi connectivity index (χ3v) is 2.87. The van der Waals surface area contributed by atoms with Crippen LogP contribution in [0, 0.1) is 17.2 Å². The maximum Gasteiger partial charge on any atom is 0.251 e. The maximum absolute atomic E-state index is 10.9. The molecule has 0 radical (unpaired) electrons. The van der Waals surface area contributed by atoms with Crippen molar-refractivity contribution in [2.75, 3.05) is 0 Å². The van der Waals surface area contributed by atoms with E-state index < -0.39 is 5.91 Å². The van der Waals surface area contributed by atoms with Crippen LogP contribution >= 0.6 is 0 Å². The van der Waals surface area contributed by atoms with Gasteiger partial charge in [0.1, 0.15) is 0 Å². The summed E-state index contributed by atoms with van der Waals surface area (Å²) in [5, 5.41) is 13.0. The van der Waals surface area contributed by atoms with Crippen molar-refractivity contribution in [1.29, 1.82) is 5.26 Å². The molecule has 0 saturated heterocycles. The molecule has 0 bridgehead atoms. The van der Waals surface area contributed by atoms with Crippen LogP contribution < -0.4 is 5.73 Å². The van der Waals surface area contributed by atoms with Crippen molar-refractivity contribution >= 4 is 5.91 Å². The first-order valence-electron chi connectivity index (χ1n) is 4.96. The third kappa shape index (κ3) is 1.71. The van der Waals surface area contributed by atoms with Gasteiger partial charge in [-0.2, -0.15) is 10.4 Å². The molecule has 1 fully saturated rings. The van der Waals surface area contributed by atoms with Gasteiger partial charge in [0.2, 0.25) is 0 Å². The molecular weight excluding hydrogens is 192 g/mol. The molecule has 1 aliphatic rings. The lowest BCUT2D eigenvalue weighted by Gasteiger charge is -2.13. The van der Waals surface area contributed by atoms with Gasteiger partial charge in [0.15, 0.2) is 0 Å².